The Morgan fingerprint density at radius 1 is 1.09 bits per heavy atom. The molecule has 2 amide bonds. The van der Waals surface area contributed by atoms with E-state index in [4.69, 9.17) is 4.74 Å². The first-order valence-corrected chi connectivity index (χ1v) is 12.9. The van der Waals surface area contributed by atoms with Crippen molar-refractivity contribution < 1.29 is 24.2 Å². The minimum Gasteiger partial charge on any atom is -0.480 e. The first-order valence-electron chi connectivity index (χ1n) is 11.8. The number of thioether (sulfide) groups is 1. The third-order valence-electron chi connectivity index (χ3n) is 6.70. The van der Waals surface area contributed by atoms with Gasteiger partial charge in [-0.2, -0.15) is 11.8 Å². The number of alkyl carbamates (subject to hydrolysis) is 1. The van der Waals surface area contributed by atoms with Crippen LogP contribution >= 0.6 is 11.8 Å². The molecule has 0 bridgehead atoms. The van der Waals surface area contributed by atoms with E-state index in [2.05, 4.69) is 41.5 Å². The van der Waals surface area contributed by atoms with Gasteiger partial charge in [-0.15, -0.1) is 6.58 Å². The van der Waals surface area contributed by atoms with Gasteiger partial charge in [0.1, 0.15) is 12.6 Å². The van der Waals surface area contributed by atoms with Gasteiger partial charge in [0.05, 0.1) is 5.54 Å². The number of benzene rings is 2. The van der Waals surface area contributed by atoms with E-state index in [1.165, 1.54) is 6.08 Å². The fraction of sp³-hybridized carbons (Fsp3) is 0.370. The number of carbonyl (C=O) groups excluding carboxylic acids is 2. The minimum absolute atomic E-state index is 0.00131. The number of amides is 2. The van der Waals surface area contributed by atoms with Crippen molar-refractivity contribution in [3.63, 3.8) is 0 Å². The molecule has 1 unspecified atom stereocenters. The van der Waals surface area contributed by atoms with Crippen molar-refractivity contribution in [3.05, 3.63) is 72.3 Å². The zero-order valence-electron chi connectivity index (χ0n) is 19.5. The lowest BCUT2D eigenvalue weighted by Crippen LogP contribution is -2.54. The molecule has 0 aromatic heterocycles. The maximum Gasteiger partial charge on any atom is 0.407 e. The molecular weight excluding hydrogens is 464 g/mol. The highest BCUT2D eigenvalue weighted by molar-refractivity contribution is 7.99. The largest absolute Gasteiger partial charge is 0.480 e. The summed E-state index contributed by atoms with van der Waals surface area (Å²) in [5.41, 5.74) is 3.80. The van der Waals surface area contributed by atoms with E-state index in [1.54, 1.807) is 11.8 Å². The van der Waals surface area contributed by atoms with Crippen LogP contribution in [-0.4, -0.2) is 52.8 Å². The average molecular weight is 495 g/mol. The van der Waals surface area contributed by atoms with Crippen LogP contribution in [0.3, 0.4) is 0 Å². The quantitative estimate of drug-likeness (QED) is 0.449. The van der Waals surface area contributed by atoms with E-state index in [0.717, 1.165) is 33.8 Å². The summed E-state index contributed by atoms with van der Waals surface area (Å²) in [6.45, 7) is 3.74. The highest BCUT2D eigenvalue weighted by atomic mass is 32.2. The van der Waals surface area contributed by atoms with Gasteiger partial charge >= 0.3 is 12.1 Å². The number of hydrogen-bond donors (Lipinski definition) is 3. The van der Waals surface area contributed by atoms with Crippen molar-refractivity contribution in [2.75, 3.05) is 18.1 Å². The number of carboxylic acids is 1. The van der Waals surface area contributed by atoms with Gasteiger partial charge in [-0.3, -0.25) is 4.79 Å². The number of hydrogen-bond acceptors (Lipinski definition) is 5. The second kappa shape index (κ2) is 11.0. The maximum absolute atomic E-state index is 12.9. The summed E-state index contributed by atoms with van der Waals surface area (Å²) in [6.07, 6.45) is 2.24. The number of aliphatic carboxylic acids is 1. The highest BCUT2D eigenvalue weighted by Crippen LogP contribution is 2.44. The predicted octanol–water partition coefficient (Wildman–Crippen LogP) is 4.33. The van der Waals surface area contributed by atoms with Crippen molar-refractivity contribution >= 4 is 29.7 Å². The molecule has 1 atom stereocenters. The smallest absolute Gasteiger partial charge is 0.407 e. The number of carbonyl (C=O) groups is 3. The van der Waals surface area contributed by atoms with Gasteiger partial charge in [0.2, 0.25) is 5.91 Å². The Morgan fingerprint density at radius 2 is 1.69 bits per heavy atom. The third kappa shape index (κ3) is 5.70. The Labute approximate surface area is 209 Å². The summed E-state index contributed by atoms with van der Waals surface area (Å²) < 4.78 is 5.71. The zero-order valence-corrected chi connectivity index (χ0v) is 20.3. The standard InChI is InChI=1S/C27H30N2O5S/c1-2-7-23(25(31)32)28-24(30)16-27(12-14-35-15-13-27)29-26(33)34-17-22-20-10-5-3-8-18(20)19-9-4-6-11-21(19)22/h2-6,8-11,22-23H,1,7,12-17H2,(H,28,30)(H,29,33)(H,31,32). The van der Waals surface area contributed by atoms with Gasteiger partial charge in [0.25, 0.3) is 0 Å². The van der Waals surface area contributed by atoms with Crippen molar-refractivity contribution in [3.8, 4) is 11.1 Å². The van der Waals surface area contributed by atoms with Gasteiger partial charge in [-0.25, -0.2) is 9.59 Å². The van der Waals surface area contributed by atoms with Crippen LogP contribution < -0.4 is 10.6 Å². The lowest BCUT2D eigenvalue weighted by molar-refractivity contribution is -0.142. The van der Waals surface area contributed by atoms with Gasteiger partial charge in [-0.1, -0.05) is 54.6 Å². The number of fused-ring (bicyclic) bond motifs is 3. The molecule has 2 aromatic rings. The Balaban J connectivity index is 1.42. The Morgan fingerprint density at radius 3 is 2.26 bits per heavy atom. The molecule has 0 spiro atoms. The van der Waals surface area contributed by atoms with E-state index in [1.807, 2.05) is 24.3 Å². The van der Waals surface area contributed by atoms with E-state index in [-0.39, 0.29) is 25.4 Å². The van der Waals surface area contributed by atoms with E-state index < -0.39 is 29.6 Å². The van der Waals surface area contributed by atoms with Crippen molar-refractivity contribution in [2.24, 2.45) is 0 Å². The highest BCUT2D eigenvalue weighted by Gasteiger charge is 2.38. The Hall–Kier alpha value is -3.26. The van der Waals surface area contributed by atoms with Crippen LogP contribution in [-0.2, 0) is 14.3 Å². The fourth-order valence-corrected chi connectivity index (χ4v) is 6.17. The second-order valence-corrected chi connectivity index (χ2v) is 10.2. The summed E-state index contributed by atoms with van der Waals surface area (Å²) in [6, 6.07) is 15.2. The Bertz CT molecular complexity index is 1070. The number of ether oxygens (including phenoxy) is 1. The molecule has 8 heteroatoms. The topological polar surface area (TPSA) is 105 Å². The molecule has 3 N–H and O–H groups in total. The van der Waals surface area contributed by atoms with Crippen LogP contribution in [0.2, 0.25) is 0 Å². The lowest BCUT2D eigenvalue weighted by Gasteiger charge is -2.37. The van der Waals surface area contributed by atoms with E-state index >= 15 is 0 Å². The maximum atomic E-state index is 12.9. The van der Waals surface area contributed by atoms with Crippen LogP contribution in [0, 0.1) is 0 Å². The summed E-state index contributed by atoms with van der Waals surface area (Å²) in [7, 11) is 0. The molecular formula is C27H30N2O5S. The van der Waals surface area contributed by atoms with Gasteiger partial charge < -0.3 is 20.5 Å². The molecule has 1 aliphatic carbocycles. The molecule has 2 aliphatic rings. The molecule has 7 nitrogen and oxygen atoms in total. The van der Waals surface area contributed by atoms with Gasteiger partial charge in [0, 0.05) is 12.3 Å². The lowest BCUT2D eigenvalue weighted by atomic mass is 9.88. The fourth-order valence-electron chi connectivity index (χ4n) is 4.90. The number of carboxylic acid groups (broad SMARTS) is 1. The summed E-state index contributed by atoms with van der Waals surface area (Å²) in [5, 5.41) is 14.8. The van der Waals surface area contributed by atoms with Crippen molar-refractivity contribution in [1.82, 2.24) is 10.6 Å². The van der Waals surface area contributed by atoms with Gasteiger partial charge in [-0.05, 0) is 53.0 Å². The second-order valence-electron chi connectivity index (χ2n) is 9.00. The third-order valence-corrected chi connectivity index (χ3v) is 7.68. The van der Waals surface area contributed by atoms with Crippen molar-refractivity contribution in [2.45, 2.75) is 43.2 Å². The molecule has 1 fully saturated rings. The van der Waals surface area contributed by atoms with Crippen LogP contribution in [0.15, 0.2) is 61.2 Å². The summed E-state index contributed by atoms with van der Waals surface area (Å²) in [5.74, 6) is 0.0170. The summed E-state index contributed by atoms with van der Waals surface area (Å²) >= 11 is 1.77. The van der Waals surface area contributed by atoms with Crippen LogP contribution in [0.5, 0.6) is 0 Å². The monoisotopic (exact) mass is 494 g/mol. The van der Waals surface area contributed by atoms with Crippen LogP contribution in [0.1, 0.15) is 42.7 Å². The molecule has 2 aromatic carbocycles. The molecule has 184 valence electrons. The predicted molar refractivity (Wildman–Crippen MR) is 136 cm³/mol. The van der Waals surface area contributed by atoms with Crippen LogP contribution in [0.4, 0.5) is 4.79 Å². The first kappa shape index (κ1) is 24.9. The number of nitrogens with one attached hydrogen (secondary N) is 2. The molecule has 1 heterocycles. The molecule has 4 rings (SSSR count). The Kier molecular flexibility index (Phi) is 7.80. The molecule has 35 heavy (non-hydrogen) atoms. The summed E-state index contributed by atoms with van der Waals surface area (Å²) in [4.78, 5) is 37.1. The minimum atomic E-state index is -1.11. The van der Waals surface area contributed by atoms with Crippen molar-refractivity contribution in [1.29, 1.82) is 0 Å². The molecule has 1 saturated heterocycles. The zero-order chi connectivity index (χ0) is 24.8. The van der Waals surface area contributed by atoms with Crippen LogP contribution in [0.25, 0.3) is 11.1 Å². The normalized spacial score (nSPS) is 16.9. The van der Waals surface area contributed by atoms with Gasteiger partial charge in [0.15, 0.2) is 0 Å². The van der Waals surface area contributed by atoms with E-state index in [9.17, 15) is 19.5 Å². The molecule has 0 radical (unpaired) electrons. The number of rotatable bonds is 9. The average Bonchev–Trinajstić information content (AvgIpc) is 3.16. The molecule has 1 aliphatic heterocycles. The van der Waals surface area contributed by atoms with E-state index in [0.29, 0.717) is 12.8 Å². The first-order chi connectivity index (χ1) is 16.9. The molecule has 0 saturated carbocycles. The SMILES string of the molecule is C=CCC(NC(=O)CC1(NC(=O)OCC2c3ccccc3-c3ccccc32)CCSCC1)C(=O)O.